The van der Waals surface area contributed by atoms with Crippen molar-refractivity contribution >= 4 is 23.2 Å². The van der Waals surface area contributed by atoms with Crippen LogP contribution in [-0.4, -0.2) is 45.9 Å². The number of hydrogen-bond acceptors (Lipinski definition) is 6. The second kappa shape index (κ2) is 9.28. The van der Waals surface area contributed by atoms with Gasteiger partial charge in [-0.25, -0.2) is 9.18 Å². The Bertz CT molecular complexity index is 1030. The van der Waals surface area contributed by atoms with Crippen LogP contribution in [0.5, 0.6) is 0 Å². The molecular weight excluding hydrogens is 381 g/mol. The van der Waals surface area contributed by atoms with Crippen molar-refractivity contribution in [2.45, 2.75) is 19.9 Å². The molecule has 2 aromatic rings. The highest BCUT2D eigenvalue weighted by atomic mass is 19.1. The number of rotatable bonds is 8. The van der Waals surface area contributed by atoms with Crippen LogP contribution in [0.1, 0.15) is 23.7 Å². The van der Waals surface area contributed by atoms with Crippen molar-refractivity contribution in [2.75, 3.05) is 31.2 Å². The number of anilines is 2. The lowest BCUT2D eigenvalue weighted by Gasteiger charge is -2.17. The minimum atomic E-state index is -0.769. The highest BCUT2D eigenvalue weighted by molar-refractivity contribution is 6.01. The van der Waals surface area contributed by atoms with Gasteiger partial charge in [-0.2, -0.15) is 0 Å². The van der Waals surface area contributed by atoms with E-state index < -0.39 is 28.8 Å². The first-order valence-electron chi connectivity index (χ1n) is 9.02. The summed E-state index contributed by atoms with van der Waals surface area (Å²) in [5.74, 6) is -1.60. The third-order valence-electron chi connectivity index (χ3n) is 4.26. The van der Waals surface area contributed by atoms with Gasteiger partial charge in [-0.05, 0) is 37.7 Å². The number of carbonyl (C=O) groups is 2. The first kappa shape index (κ1) is 22.0. The van der Waals surface area contributed by atoms with E-state index in [1.54, 1.807) is 0 Å². The predicted octanol–water partition coefficient (Wildman–Crippen LogP) is 0.432. The first-order valence-corrected chi connectivity index (χ1v) is 9.02. The van der Waals surface area contributed by atoms with Gasteiger partial charge in [0.25, 0.3) is 5.56 Å². The highest BCUT2D eigenvalue weighted by Gasteiger charge is 2.22. The van der Waals surface area contributed by atoms with Crippen LogP contribution in [0.15, 0.2) is 33.9 Å². The van der Waals surface area contributed by atoms with Gasteiger partial charge in [0.15, 0.2) is 5.78 Å². The second-order valence-electron chi connectivity index (χ2n) is 6.71. The number of nitrogens with two attached hydrogens (primary N) is 1. The summed E-state index contributed by atoms with van der Waals surface area (Å²) in [6.45, 7) is 1.72. The van der Waals surface area contributed by atoms with Gasteiger partial charge in [0.2, 0.25) is 5.91 Å². The number of likely N-dealkylation sites (N-methyl/N-ethyl adjacent to an activating group) is 1. The smallest absolute Gasteiger partial charge is 0.332 e. The maximum absolute atomic E-state index is 12.9. The van der Waals surface area contributed by atoms with E-state index in [0.717, 1.165) is 4.57 Å². The Morgan fingerprint density at radius 2 is 1.79 bits per heavy atom. The van der Waals surface area contributed by atoms with Crippen LogP contribution in [0.2, 0.25) is 0 Å². The molecule has 0 saturated heterocycles. The minimum absolute atomic E-state index is 0.141. The molecule has 9 nitrogen and oxygen atoms in total. The summed E-state index contributed by atoms with van der Waals surface area (Å²) < 4.78 is 15.0. The number of aromatic nitrogens is 2. The molecule has 0 atom stereocenters. The normalized spacial score (nSPS) is 10.9. The van der Waals surface area contributed by atoms with E-state index in [2.05, 4.69) is 5.32 Å². The fourth-order valence-electron chi connectivity index (χ4n) is 2.84. The molecule has 0 fully saturated rings. The van der Waals surface area contributed by atoms with Crippen LogP contribution >= 0.6 is 0 Å². The van der Waals surface area contributed by atoms with E-state index >= 15 is 0 Å². The van der Waals surface area contributed by atoms with Crippen LogP contribution in [0.25, 0.3) is 0 Å². The Morgan fingerprint density at radius 3 is 2.38 bits per heavy atom. The topological polar surface area (TPSA) is 119 Å². The van der Waals surface area contributed by atoms with Gasteiger partial charge in [0, 0.05) is 19.3 Å². The monoisotopic (exact) mass is 405 g/mol. The summed E-state index contributed by atoms with van der Waals surface area (Å²) in [6.07, 6.45) is 0.597. The van der Waals surface area contributed by atoms with Gasteiger partial charge in [-0.3, -0.25) is 28.4 Å². The maximum atomic E-state index is 12.9. The molecule has 0 aliphatic rings. The summed E-state index contributed by atoms with van der Waals surface area (Å²) in [5, 5.41) is 2.58. The molecule has 29 heavy (non-hydrogen) atoms. The lowest BCUT2D eigenvalue weighted by molar-refractivity contribution is -0.116. The largest absolute Gasteiger partial charge is 0.384 e. The van der Waals surface area contributed by atoms with Crippen molar-refractivity contribution in [2.24, 2.45) is 7.05 Å². The number of halogens is 1. The van der Waals surface area contributed by atoms with Crippen molar-refractivity contribution < 1.29 is 14.0 Å². The molecule has 1 amide bonds. The molecule has 2 rings (SSSR count). The van der Waals surface area contributed by atoms with E-state index in [4.69, 9.17) is 5.73 Å². The van der Waals surface area contributed by atoms with Crippen LogP contribution < -0.4 is 22.3 Å². The summed E-state index contributed by atoms with van der Waals surface area (Å²) in [7, 11) is 2.82. The zero-order chi connectivity index (χ0) is 21.7. The van der Waals surface area contributed by atoms with E-state index in [1.807, 2.05) is 6.92 Å². The molecule has 156 valence electrons. The molecule has 0 aliphatic heterocycles. The average molecular weight is 405 g/mol. The van der Waals surface area contributed by atoms with Crippen molar-refractivity contribution in [1.29, 1.82) is 0 Å². The van der Waals surface area contributed by atoms with Crippen molar-refractivity contribution in [1.82, 2.24) is 14.0 Å². The Hall–Kier alpha value is -3.27. The van der Waals surface area contributed by atoms with Gasteiger partial charge < -0.3 is 11.1 Å². The van der Waals surface area contributed by atoms with Crippen molar-refractivity contribution in [3.8, 4) is 0 Å². The van der Waals surface area contributed by atoms with Gasteiger partial charge in [-0.1, -0.05) is 6.92 Å². The van der Waals surface area contributed by atoms with Crippen molar-refractivity contribution in [3.63, 3.8) is 0 Å². The quantitative estimate of drug-likeness (QED) is 0.615. The van der Waals surface area contributed by atoms with Crippen LogP contribution in [0.3, 0.4) is 0 Å². The summed E-state index contributed by atoms with van der Waals surface area (Å²) in [5.41, 5.74) is 4.72. The molecule has 1 aromatic carbocycles. The van der Waals surface area contributed by atoms with Crippen molar-refractivity contribution in [3.05, 3.63) is 56.5 Å². The molecule has 0 unspecified atom stereocenters. The predicted molar refractivity (Wildman–Crippen MR) is 108 cm³/mol. The number of ketones is 1. The molecule has 0 bridgehead atoms. The Kier molecular flexibility index (Phi) is 7.05. The fourth-order valence-corrected chi connectivity index (χ4v) is 2.84. The summed E-state index contributed by atoms with van der Waals surface area (Å²) >= 11 is 0. The number of amides is 1. The Morgan fingerprint density at radius 1 is 1.17 bits per heavy atom. The van der Waals surface area contributed by atoms with Gasteiger partial charge in [0.05, 0.1) is 13.1 Å². The maximum Gasteiger partial charge on any atom is 0.332 e. The fraction of sp³-hybridized carbons (Fsp3) is 0.368. The first-order chi connectivity index (χ1) is 13.6. The van der Waals surface area contributed by atoms with Crippen LogP contribution in [0, 0.1) is 5.82 Å². The molecule has 3 N–H and O–H groups in total. The summed E-state index contributed by atoms with van der Waals surface area (Å²) in [4.78, 5) is 50.8. The number of nitrogens with one attached hydrogen (secondary N) is 1. The second-order valence-corrected chi connectivity index (χ2v) is 6.71. The molecule has 0 saturated carbocycles. The SMILES string of the molecule is CCCn1c(N)c(C(=O)CN(C)CC(=O)Nc2ccc(F)cc2)c(=O)n(C)c1=O. The van der Waals surface area contributed by atoms with E-state index in [-0.39, 0.29) is 31.0 Å². The van der Waals surface area contributed by atoms with Gasteiger partial charge >= 0.3 is 5.69 Å². The number of nitrogens with zero attached hydrogens (tertiary/aromatic N) is 3. The van der Waals surface area contributed by atoms with Gasteiger partial charge in [0.1, 0.15) is 17.2 Å². The lowest BCUT2D eigenvalue weighted by Crippen LogP contribution is -2.44. The third-order valence-corrected chi connectivity index (χ3v) is 4.26. The molecule has 0 spiro atoms. The third kappa shape index (κ3) is 5.17. The molecule has 10 heteroatoms. The molecule has 0 radical (unpaired) electrons. The standard InChI is InChI=1S/C19H24FN5O4/c1-4-9-25-17(21)16(18(28)24(3)19(25)29)14(26)10-23(2)11-15(27)22-13-7-5-12(20)6-8-13/h5-8H,4,9-11,21H2,1-3H3,(H,22,27). The Balaban J connectivity index is 2.13. The molecule has 0 aliphatic carbocycles. The zero-order valence-electron chi connectivity index (χ0n) is 16.6. The van der Waals surface area contributed by atoms with E-state index in [1.165, 1.54) is 47.8 Å². The van der Waals surface area contributed by atoms with E-state index in [9.17, 15) is 23.6 Å². The van der Waals surface area contributed by atoms with E-state index in [0.29, 0.717) is 12.1 Å². The average Bonchev–Trinajstić information content (AvgIpc) is 2.65. The molecular formula is C19H24FN5O4. The highest BCUT2D eigenvalue weighted by Crippen LogP contribution is 2.09. The molecule has 1 aromatic heterocycles. The lowest BCUT2D eigenvalue weighted by atomic mass is 10.1. The summed E-state index contributed by atoms with van der Waals surface area (Å²) in [6, 6.07) is 5.26. The van der Waals surface area contributed by atoms with Gasteiger partial charge in [-0.15, -0.1) is 0 Å². The Labute approximate surface area is 166 Å². The van der Waals surface area contributed by atoms with Crippen LogP contribution in [-0.2, 0) is 18.4 Å². The number of carbonyl (C=O) groups excluding carboxylic acids is 2. The number of Topliss-reactive ketones (excluding diaryl/α,β-unsaturated/α-hetero) is 1. The number of benzene rings is 1. The minimum Gasteiger partial charge on any atom is -0.384 e. The number of hydrogen-bond donors (Lipinski definition) is 2. The van der Waals surface area contributed by atoms with Crippen LogP contribution in [0.4, 0.5) is 15.9 Å². The zero-order valence-corrected chi connectivity index (χ0v) is 16.6. The molecule has 1 heterocycles. The number of nitrogen functional groups attached to an aromatic ring is 1.